The number of unbranched alkanes of at least 4 members (excludes halogenated alkanes) is 4. The molecule has 8 atom stereocenters. The topological polar surface area (TPSA) is 191 Å². The Balaban J connectivity index is 0.687. The van der Waals surface area contributed by atoms with Crippen LogP contribution >= 0.6 is 0 Å². The highest BCUT2D eigenvalue weighted by Gasteiger charge is 2.59. The lowest BCUT2D eigenvalue weighted by Crippen LogP contribution is -2.38. The quantitative estimate of drug-likeness (QED) is 0.0648. The molecule has 2 aromatic carbocycles. The van der Waals surface area contributed by atoms with Gasteiger partial charge in [-0.1, -0.05) is 57.7 Å². The number of H-pyrrole nitrogens is 2. The number of carbonyl (C=O) groups is 4. The zero-order valence-electron chi connectivity index (χ0n) is 51.1. The van der Waals surface area contributed by atoms with Gasteiger partial charge in [0.2, 0.25) is 11.8 Å². The van der Waals surface area contributed by atoms with E-state index in [0.29, 0.717) is 62.7 Å². The first-order valence-electron chi connectivity index (χ1n) is 33.2. The predicted octanol–water partition coefficient (Wildman–Crippen LogP) is 11.6. The van der Waals surface area contributed by atoms with Gasteiger partial charge in [-0.3, -0.25) is 28.9 Å². The van der Waals surface area contributed by atoms with Crippen molar-refractivity contribution in [2.24, 2.45) is 22.7 Å². The molecule has 17 rings (SSSR count). The van der Waals surface area contributed by atoms with Crippen LogP contribution in [-0.4, -0.2) is 121 Å². The summed E-state index contributed by atoms with van der Waals surface area (Å²) < 4.78 is 8.38. The van der Waals surface area contributed by atoms with E-state index in [4.69, 9.17) is 14.7 Å². The summed E-state index contributed by atoms with van der Waals surface area (Å²) in [6, 6.07) is 15.0. The van der Waals surface area contributed by atoms with E-state index in [1.54, 1.807) is 4.57 Å². The van der Waals surface area contributed by atoms with Crippen molar-refractivity contribution in [3.05, 3.63) is 94.2 Å². The highest BCUT2D eigenvalue weighted by atomic mass is 16.5. The second kappa shape index (κ2) is 26.3. The zero-order chi connectivity index (χ0) is 58.7. The predicted molar refractivity (Wildman–Crippen MR) is 331 cm³/mol. The van der Waals surface area contributed by atoms with Crippen molar-refractivity contribution in [2.45, 2.75) is 205 Å². The Morgan fingerprint density at radius 1 is 0.635 bits per heavy atom. The third-order valence-electron chi connectivity index (χ3n) is 21.5. The molecule has 4 fully saturated rings. The number of pyridine rings is 1. The summed E-state index contributed by atoms with van der Waals surface area (Å²) in [5, 5.41) is 8.34. The molecule has 13 heterocycles. The molecule has 5 aromatic rings. The van der Waals surface area contributed by atoms with E-state index < -0.39 is 0 Å². The molecule has 2 amide bonds. The molecule has 15 bridgehead atoms. The Bertz CT molecular complexity index is 3240. The third kappa shape index (κ3) is 13.4. The average Bonchev–Trinajstić information content (AvgIpc) is 4.28. The van der Waals surface area contributed by atoms with Crippen LogP contribution in [0.15, 0.2) is 65.8 Å². The largest absolute Gasteiger partial charge is 0.376 e. The van der Waals surface area contributed by atoms with Crippen molar-refractivity contribution in [3.8, 4) is 22.5 Å². The fourth-order valence-electron chi connectivity index (χ4n) is 15.8. The van der Waals surface area contributed by atoms with Crippen LogP contribution in [0.3, 0.4) is 0 Å². The number of benzene rings is 2. The van der Waals surface area contributed by atoms with E-state index in [2.05, 4.69) is 67.3 Å². The van der Waals surface area contributed by atoms with Crippen LogP contribution in [-0.2, 0) is 30.5 Å². The van der Waals surface area contributed by atoms with Crippen LogP contribution in [0.25, 0.3) is 33.3 Å². The van der Waals surface area contributed by atoms with Crippen molar-refractivity contribution in [1.82, 2.24) is 49.8 Å². The minimum Gasteiger partial charge on any atom is -0.376 e. The number of ketones is 2. The van der Waals surface area contributed by atoms with Crippen LogP contribution in [0.4, 0.5) is 0 Å². The van der Waals surface area contributed by atoms with E-state index in [9.17, 15) is 24.0 Å². The van der Waals surface area contributed by atoms with Gasteiger partial charge in [0.15, 0.2) is 0 Å². The normalized spacial score (nSPS) is 30.3. The number of piperidine rings is 2. The monoisotopic (exact) mass is 1160 g/mol. The molecule has 2 aliphatic carbocycles. The first-order chi connectivity index (χ1) is 41.4. The summed E-state index contributed by atoms with van der Waals surface area (Å²) in [5.74, 6) is 2.34. The molecule has 85 heavy (non-hydrogen) atoms. The number of ether oxygens (including phenoxy) is 1. The van der Waals surface area contributed by atoms with E-state index in [1.807, 2.05) is 49.8 Å². The maximum Gasteiger partial charge on any atom is 0.258 e. The fourth-order valence-corrected chi connectivity index (χ4v) is 15.8. The highest BCUT2D eigenvalue weighted by molar-refractivity contribution is 5.86. The van der Waals surface area contributed by atoms with E-state index in [1.165, 1.54) is 24.0 Å². The van der Waals surface area contributed by atoms with Crippen molar-refractivity contribution in [1.29, 1.82) is 0 Å². The summed E-state index contributed by atoms with van der Waals surface area (Å²) >= 11 is 0. The number of fused-ring (bicyclic) bond motifs is 7. The van der Waals surface area contributed by atoms with Gasteiger partial charge in [-0.05, 0) is 200 Å². The van der Waals surface area contributed by atoms with E-state index in [-0.39, 0.29) is 69.8 Å². The number of amides is 2. The standard InChI is InChI=1S/C69H94N10O6/c1-4-50(80)15-8-6-10-17-58-63-70-43-60(72-63)48-20-24-54-47(39-48)25-33-78(67(54)84)45-52(85-38-14-31-77-36-28-69(29-37-77)42-57(69)66(83)74-58)22-21-51(81)16-9-7-11-18-59-64-71-44-61(73-64)49-19-23-53-46(3)79(62(5-2)55(53)40-49)32-13-12-30-76-34-26-68(27-35-76)41-56(68)65(82)75-59/h19-20,23-25,33,39-40,43-44,46,52,56-59,62H,4-18,21-22,26-32,34-38,41-42,45H2,1-3H3,(H,70,72)(H,71,73)(H,74,83)(H,75,82)/t46?,52?,56-,57-,58+,59+,62?/m1/s1. The van der Waals surface area contributed by atoms with Gasteiger partial charge in [0.25, 0.3) is 5.56 Å². The lowest BCUT2D eigenvalue weighted by molar-refractivity contribution is -0.125. The van der Waals surface area contributed by atoms with Gasteiger partial charge in [0.05, 0.1) is 48.5 Å². The molecule has 16 heteroatoms. The molecular weight excluding hydrogens is 1060 g/mol. The van der Waals surface area contributed by atoms with Crippen molar-refractivity contribution in [3.63, 3.8) is 0 Å². The molecule has 2 saturated heterocycles. The summed E-state index contributed by atoms with van der Waals surface area (Å²) in [5.41, 5.74) is 6.76. The maximum atomic E-state index is 14.2. The van der Waals surface area contributed by atoms with E-state index in [0.717, 1.165) is 188 Å². The van der Waals surface area contributed by atoms with Crippen molar-refractivity contribution >= 4 is 34.2 Å². The molecule has 12 aliphatic rings. The molecule has 16 nitrogen and oxygen atoms in total. The Hall–Kier alpha value is -5.81. The van der Waals surface area contributed by atoms with Crippen LogP contribution in [0.5, 0.6) is 0 Å². The summed E-state index contributed by atoms with van der Waals surface area (Å²) in [7, 11) is 0. The summed E-state index contributed by atoms with van der Waals surface area (Å²) in [4.78, 5) is 93.0. The number of hydrogen-bond acceptors (Lipinski definition) is 11. The number of aromatic amines is 2. The minimum atomic E-state index is -0.319. The highest BCUT2D eigenvalue weighted by Crippen LogP contribution is 2.61. The minimum absolute atomic E-state index is 0.00115. The van der Waals surface area contributed by atoms with Gasteiger partial charge in [0.1, 0.15) is 23.2 Å². The van der Waals surface area contributed by atoms with Crippen molar-refractivity contribution < 1.29 is 23.9 Å². The zero-order valence-corrected chi connectivity index (χ0v) is 51.1. The molecule has 3 aromatic heterocycles. The summed E-state index contributed by atoms with van der Waals surface area (Å²) in [6.45, 7) is 14.7. The van der Waals surface area contributed by atoms with Gasteiger partial charge in [-0.15, -0.1) is 0 Å². The molecule has 4 N–H and O–H groups in total. The molecule has 2 spiro atoms. The van der Waals surface area contributed by atoms with Gasteiger partial charge < -0.3 is 39.7 Å². The van der Waals surface area contributed by atoms with Crippen molar-refractivity contribution in [2.75, 3.05) is 52.4 Å². The third-order valence-corrected chi connectivity index (χ3v) is 21.5. The molecule has 2 saturated carbocycles. The van der Waals surface area contributed by atoms with Gasteiger partial charge in [0, 0.05) is 79.9 Å². The first kappa shape index (κ1) is 59.5. The molecule has 4 unspecified atom stereocenters. The van der Waals surface area contributed by atoms with Gasteiger partial charge >= 0.3 is 0 Å². The number of nitrogens with one attached hydrogen (secondary N) is 4. The molecule has 0 radical (unpaired) electrons. The second-order valence-corrected chi connectivity index (χ2v) is 26.9. The smallest absolute Gasteiger partial charge is 0.258 e. The number of rotatable bonds is 17. The number of nitrogens with zero attached hydrogens (tertiary/aromatic N) is 6. The molecule has 456 valence electrons. The lowest BCUT2D eigenvalue weighted by atomic mass is 9.90. The molecular formula is C69H94N10O6. The van der Waals surface area contributed by atoms with Crippen LogP contribution in [0.1, 0.15) is 215 Å². The summed E-state index contributed by atoms with van der Waals surface area (Å²) in [6.07, 6.45) is 24.8. The Labute approximate surface area is 502 Å². The van der Waals surface area contributed by atoms with E-state index >= 15 is 0 Å². The van der Waals surface area contributed by atoms with Crippen LogP contribution in [0.2, 0.25) is 0 Å². The Morgan fingerprint density at radius 3 is 1.85 bits per heavy atom. The lowest BCUT2D eigenvalue weighted by Gasteiger charge is -2.33. The SMILES string of the molecule is CCC(=O)CCCCC[C@@H]1NC(=O)[C@H]2CC23CCN(CCCOC(CCC(=O)CCCCC[C@@H]2NC(=O)[C@H]4CC45CCN(CCCCN4C(C)c6ccc(cc6C4CC)-c4cnc2[nH]4)CC5)Cn2ccc4cc(ccc4c2=O)-c2cnc1[nH]2)CC3. The first-order valence-corrected chi connectivity index (χ1v) is 33.2. The second-order valence-electron chi connectivity index (χ2n) is 26.9. The average molecular weight is 1160 g/mol. The number of hydrogen-bond donors (Lipinski definition) is 4. The molecule has 10 aliphatic heterocycles. The number of aromatic nitrogens is 5. The number of Topliss-reactive ketones (excluding diaryl/α,β-unsaturated/α-hetero) is 2. The van der Waals surface area contributed by atoms with Crippen LogP contribution < -0.4 is 16.2 Å². The van der Waals surface area contributed by atoms with Gasteiger partial charge in [-0.25, -0.2) is 9.97 Å². The number of carbonyl (C=O) groups excluding carboxylic acids is 4. The van der Waals surface area contributed by atoms with Gasteiger partial charge in [-0.2, -0.15) is 0 Å². The fraction of sp³-hybridized carbons (Fsp3) is 0.638. The maximum absolute atomic E-state index is 14.2. The number of imidazole rings is 2. The Kier molecular flexibility index (Phi) is 18.4. The van der Waals surface area contributed by atoms with Crippen LogP contribution in [0, 0.1) is 22.7 Å². The Morgan fingerprint density at radius 2 is 1.22 bits per heavy atom.